The molecule has 0 N–H and O–H groups in total. The average molecular weight is 353 g/mol. The summed E-state index contributed by atoms with van der Waals surface area (Å²) in [6, 6.07) is 7.59. The van der Waals surface area contributed by atoms with E-state index in [1.807, 2.05) is 48.2 Å². The van der Waals surface area contributed by atoms with Gasteiger partial charge in [0, 0.05) is 63.9 Å². The zero-order valence-corrected chi connectivity index (χ0v) is 15.1. The maximum Gasteiger partial charge on any atom is 0.257 e. The van der Waals surface area contributed by atoms with Crippen molar-refractivity contribution in [3.63, 3.8) is 0 Å². The van der Waals surface area contributed by atoms with Crippen LogP contribution in [0.3, 0.4) is 0 Å². The van der Waals surface area contributed by atoms with Gasteiger partial charge in [0.15, 0.2) is 0 Å². The third kappa shape index (κ3) is 3.99. The Morgan fingerprint density at radius 3 is 1.92 bits per heavy atom. The van der Waals surface area contributed by atoms with Gasteiger partial charge in [0.25, 0.3) is 11.8 Å². The van der Waals surface area contributed by atoms with E-state index in [1.165, 1.54) is 18.7 Å². The molecule has 0 bridgehead atoms. The van der Waals surface area contributed by atoms with Crippen molar-refractivity contribution in [2.45, 2.75) is 6.42 Å². The third-order valence-electron chi connectivity index (χ3n) is 4.51. The highest BCUT2D eigenvalue weighted by atomic mass is 16.2. The van der Waals surface area contributed by atoms with Crippen LogP contribution in [0.25, 0.3) is 0 Å². The maximum atomic E-state index is 12.8. The topological polar surface area (TPSA) is 69.6 Å². The first-order valence-electron chi connectivity index (χ1n) is 8.67. The SMILES string of the molecule is CN(C)c1ccc(C(=O)N2CCCN(C(=O)c3cncnc3)CC2)cc1. The molecule has 1 aromatic heterocycles. The summed E-state index contributed by atoms with van der Waals surface area (Å²) >= 11 is 0. The summed E-state index contributed by atoms with van der Waals surface area (Å²) in [4.78, 5) is 38.7. The number of amides is 2. The molecule has 0 aliphatic carbocycles. The van der Waals surface area contributed by atoms with E-state index < -0.39 is 0 Å². The Morgan fingerprint density at radius 1 is 0.846 bits per heavy atom. The van der Waals surface area contributed by atoms with E-state index in [9.17, 15) is 9.59 Å². The Labute approximate surface area is 153 Å². The van der Waals surface area contributed by atoms with Gasteiger partial charge in [-0.05, 0) is 30.7 Å². The molecule has 7 heteroatoms. The van der Waals surface area contributed by atoms with Crippen LogP contribution < -0.4 is 4.90 Å². The molecule has 2 amide bonds. The van der Waals surface area contributed by atoms with Gasteiger partial charge in [-0.1, -0.05) is 0 Å². The smallest absolute Gasteiger partial charge is 0.257 e. The van der Waals surface area contributed by atoms with Gasteiger partial charge in [-0.25, -0.2) is 9.97 Å². The lowest BCUT2D eigenvalue weighted by Crippen LogP contribution is -2.37. The minimum atomic E-state index is -0.0877. The molecule has 1 fully saturated rings. The highest BCUT2D eigenvalue weighted by Gasteiger charge is 2.23. The fourth-order valence-electron chi connectivity index (χ4n) is 3.00. The Kier molecular flexibility index (Phi) is 5.46. The Balaban J connectivity index is 1.64. The van der Waals surface area contributed by atoms with Crippen LogP contribution in [0.1, 0.15) is 27.1 Å². The minimum Gasteiger partial charge on any atom is -0.378 e. The number of rotatable bonds is 3. The molecule has 1 aliphatic heterocycles. The summed E-state index contributed by atoms with van der Waals surface area (Å²) < 4.78 is 0. The molecule has 1 aromatic carbocycles. The molecule has 136 valence electrons. The van der Waals surface area contributed by atoms with Crippen molar-refractivity contribution >= 4 is 17.5 Å². The molecular formula is C19H23N5O2. The highest BCUT2D eigenvalue weighted by molar-refractivity contribution is 5.95. The lowest BCUT2D eigenvalue weighted by atomic mass is 10.1. The van der Waals surface area contributed by atoms with Crippen molar-refractivity contribution in [1.29, 1.82) is 0 Å². The van der Waals surface area contributed by atoms with Gasteiger partial charge in [-0.15, -0.1) is 0 Å². The van der Waals surface area contributed by atoms with Crippen LogP contribution in [0, 0.1) is 0 Å². The van der Waals surface area contributed by atoms with Crippen molar-refractivity contribution < 1.29 is 9.59 Å². The van der Waals surface area contributed by atoms with E-state index >= 15 is 0 Å². The summed E-state index contributed by atoms with van der Waals surface area (Å²) in [5.74, 6) is -0.0807. The van der Waals surface area contributed by atoms with E-state index in [0.717, 1.165) is 12.1 Å². The molecule has 7 nitrogen and oxygen atoms in total. The first-order valence-corrected chi connectivity index (χ1v) is 8.67. The van der Waals surface area contributed by atoms with Gasteiger partial charge in [-0.3, -0.25) is 9.59 Å². The maximum absolute atomic E-state index is 12.8. The van der Waals surface area contributed by atoms with Crippen molar-refractivity contribution in [2.24, 2.45) is 0 Å². The number of carbonyl (C=O) groups is 2. The number of benzene rings is 1. The van der Waals surface area contributed by atoms with E-state index in [-0.39, 0.29) is 11.8 Å². The minimum absolute atomic E-state index is 0.00708. The first kappa shape index (κ1) is 17.8. The Hall–Kier alpha value is -2.96. The van der Waals surface area contributed by atoms with Crippen LogP contribution in [-0.4, -0.2) is 71.9 Å². The number of hydrogen-bond acceptors (Lipinski definition) is 5. The Morgan fingerprint density at radius 2 is 1.38 bits per heavy atom. The monoisotopic (exact) mass is 353 g/mol. The van der Waals surface area contributed by atoms with Crippen LogP contribution >= 0.6 is 0 Å². The van der Waals surface area contributed by atoms with E-state index in [2.05, 4.69) is 9.97 Å². The zero-order valence-electron chi connectivity index (χ0n) is 15.1. The number of nitrogens with zero attached hydrogens (tertiary/aromatic N) is 5. The van der Waals surface area contributed by atoms with Crippen molar-refractivity contribution in [3.8, 4) is 0 Å². The highest BCUT2D eigenvalue weighted by Crippen LogP contribution is 2.15. The summed E-state index contributed by atoms with van der Waals surface area (Å²) in [5, 5.41) is 0. The normalized spacial score (nSPS) is 14.7. The van der Waals surface area contributed by atoms with E-state index in [1.54, 1.807) is 4.90 Å². The fourth-order valence-corrected chi connectivity index (χ4v) is 3.00. The lowest BCUT2D eigenvalue weighted by molar-refractivity contribution is 0.0718. The van der Waals surface area contributed by atoms with Crippen LogP contribution in [-0.2, 0) is 0 Å². The molecule has 0 spiro atoms. The number of anilines is 1. The number of hydrogen-bond donors (Lipinski definition) is 0. The second kappa shape index (κ2) is 7.95. The van der Waals surface area contributed by atoms with E-state index in [4.69, 9.17) is 0 Å². The summed E-state index contributed by atoms with van der Waals surface area (Å²) in [5.41, 5.74) is 2.21. The molecule has 0 saturated carbocycles. The number of aromatic nitrogens is 2. The van der Waals surface area contributed by atoms with Crippen molar-refractivity contribution in [3.05, 3.63) is 54.1 Å². The molecular weight excluding hydrogens is 330 g/mol. The summed E-state index contributed by atoms with van der Waals surface area (Å²) in [6.07, 6.45) is 5.20. The van der Waals surface area contributed by atoms with Crippen molar-refractivity contribution in [2.75, 3.05) is 45.2 Å². The first-order chi connectivity index (χ1) is 12.6. The fraction of sp³-hybridized carbons (Fsp3) is 0.368. The molecule has 1 saturated heterocycles. The van der Waals surface area contributed by atoms with E-state index in [0.29, 0.717) is 37.3 Å². The van der Waals surface area contributed by atoms with Gasteiger partial charge < -0.3 is 14.7 Å². The molecule has 0 unspecified atom stereocenters. The zero-order chi connectivity index (χ0) is 18.5. The molecule has 2 heterocycles. The standard InChI is InChI=1S/C19H23N5O2/c1-22(2)17-6-4-15(5-7-17)18(25)23-8-3-9-24(11-10-23)19(26)16-12-20-14-21-13-16/h4-7,12-14H,3,8-11H2,1-2H3. The third-order valence-corrected chi connectivity index (χ3v) is 4.51. The Bertz CT molecular complexity index is 761. The van der Waals surface area contributed by atoms with Gasteiger partial charge in [0.2, 0.25) is 0 Å². The second-order valence-electron chi connectivity index (χ2n) is 6.51. The van der Waals surface area contributed by atoms with Gasteiger partial charge in [0.05, 0.1) is 5.56 Å². The largest absolute Gasteiger partial charge is 0.378 e. The quantitative estimate of drug-likeness (QED) is 0.837. The molecule has 0 radical (unpaired) electrons. The van der Waals surface area contributed by atoms with Crippen LogP contribution in [0.4, 0.5) is 5.69 Å². The molecule has 26 heavy (non-hydrogen) atoms. The van der Waals surface area contributed by atoms with Crippen LogP contribution in [0.15, 0.2) is 43.0 Å². The van der Waals surface area contributed by atoms with Crippen LogP contribution in [0.5, 0.6) is 0 Å². The number of carbonyl (C=O) groups excluding carboxylic acids is 2. The predicted molar refractivity (Wildman–Crippen MR) is 99.2 cm³/mol. The predicted octanol–water partition coefficient (Wildman–Crippen LogP) is 1.53. The van der Waals surface area contributed by atoms with Gasteiger partial charge in [-0.2, -0.15) is 0 Å². The molecule has 2 aromatic rings. The lowest BCUT2D eigenvalue weighted by Gasteiger charge is -2.22. The average Bonchev–Trinajstić information content (AvgIpc) is 2.94. The molecule has 0 atom stereocenters. The van der Waals surface area contributed by atoms with Gasteiger partial charge in [0.1, 0.15) is 6.33 Å². The van der Waals surface area contributed by atoms with Crippen molar-refractivity contribution in [1.82, 2.24) is 19.8 Å². The summed E-state index contributed by atoms with van der Waals surface area (Å²) in [7, 11) is 3.93. The molecule has 3 rings (SSSR count). The van der Waals surface area contributed by atoms with Crippen LogP contribution in [0.2, 0.25) is 0 Å². The molecule has 1 aliphatic rings. The second-order valence-corrected chi connectivity index (χ2v) is 6.51. The van der Waals surface area contributed by atoms with Gasteiger partial charge >= 0.3 is 0 Å². The summed E-state index contributed by atoms with van der Waals surface area (Å²) in [6.45, 7) is 2.29.